The van der Waals surface area contributed by atoms with E-state index >= 15 is 0 Å². The van der Waals surface area contributed by atoms with Crippen molar-refractivity contribution in [2.75, 3.05) is 0 Å². The molecule has 1 saturated carbocycles. The molecule has 25 heavy (non-hydrogen) atoms. The Kier molecular flexibility index (Phi) is 4.87. The van der Waals surface area contributed by atoms with E-state index in [1.807, 2.05) is 62.4 Å². The van der Waals surface area contributed by atoms with Gasteiger partial charge < -0.3 is 0 Å². The van der Waals surface area contributed by atoms with Gasteiger partial charge in [0.2, 0.25) is 0 Å². The van der Waals surface area contributed by atoms with Crippen molar-refractivity contribution >= 4 is 16.6 Å². The number of nitriles is 1. The molecule has 0 saturated heterocycles. The van der Waals surface area contributed by atoms with E-state index < -0.39 is 16.2 Å². The number of hydrogen-bond acceptors (Lipinski definition) is 3. The van der Waals surface area contributed by atoms with E-state index in [2.05, 4.69) is 6.07 Å². The molecule has 0 N–H and O–H groups in total. The van der Waals surface area contributed by atoms with Crippen LogP contribution in [0.2, 0.25) is 0 Å². The second-order valence-corrected chi connectivity index (χ2v) is 8.32. The first-order valence-corrected chi connectivity index (χ1v) is 9.61. The van der Waals surface area contributed by atoms with E-state index in [1.165, 1.54) is 0 Å². The van der Waals surface area contributed by atoms with Crippen molar-refractivity contribution in [1.82, 2.24) is 0 Å². The Morgan fingerprint density at radius 3 is 2.44 bits per heavy atom. The molecule has 1 aliphatic rings. The minimum absolute atomic E-state index is 0.0267. The number of aryl methyl sites for hydroxylation is 1. The van der Waals surface area contributed by atoms with Crippen LogP contribution in [0.1, 0.15) is 37.3 Å². The lowest BCUT2D eigenvalue weighted by Crippen LogP contribution is -2.30. The summed E-state index contributed by atoms with van der Waals surface area (Å²) in [5.74, 6) is 0.185. The SMILES string of the molecule is Cc1ccc([S@](=O)c2ccccc2[C@](C)(C#N)[C@H]2CCC(=O)C2)cc1. The van der Waals surface area contributed by atoms with Gasteiger partial charge in [-0.1, -0.05) is 35.9 Å². The van der Waals surface area contributed by atoms with Crippen LogP contribution in [0.5, 0.6) is 0 Å². The number of benzene rings is 2. The fourth-order valence-electron chi connectivity index (χ4n) is 3.52. The van der Waals surface area contributed by atoms with Crippen molar-refractivity contribution in [2.45, 2.75) is 48.3 Å². The number of rotatable bonds is 4. The van der Waals surface area contributed by atoms with E-state index in [0.717, 1.165) is 16.0 Å². The van der Waals surface area contributed by atoms with Crippen molar-refractivity contribution in [1.29, 1.82) is 5.26 Å². The first-order valence-electron chi connectivity index (χ1n) is 8.46. The lowest BCUT2D eigenvalue weighted by Gasteiger charge is -2.30. The van der Waals surface area contributed by atoms with Crippen molar-refractivity contribution in [2.24, 2.45) is 5.92 Å². The zero-order chi connectivity index (χ0) is 18.0. The van der Waals surface area contributed by atoms with Gasteiger partial charge in [-0.3, -0.25) is 4.79 Å². The summed E-state index contributed by atoms with van der Waals surface area (Å²) in [4.78, 5) is 13.1. The largest absolute Gasteiger partial charge is 0.300 e. The molecule has 0 amide bonds. The van der Waals surface area contributed by atoms with Crippen molar-refractivity contribution < 1.29 is 9.00 Å². The van der Waals surface area contributed by atoms with Gasteiger partial charge in [0, 0.05) is 22.6 Å². The third kappa shape index (κ3) is 3.29. The van der Waals surface area contributed by atoms with Gasteiger partial charge in [-0.15, -0.1) is 0 Å². The first kappa shape index (κ1) is 17.6. The van der Waals surface area contributed by atoms with Crippen molar-refractivity contribution in [3.05, 3.63) is 59.7 Å². The fraction of sp³-hybridized carbons (Fsp3) is 0.333. The number of hydrogen-bond donors (Lipinski definition) is 0. The average molecular weight is 351 g/mol. The summed E-state index contributed by atoms with van der Waals surface area (Å²) in [6.45, 7) is 3.87. The smallest absolute Gasteiger partial charge is 0.133 e. The summed E-state index contributed by atoms with van der Waals surface area (Å²) in [5.41, 5.74) is 1.07. The third-order valence-corrected chi connectivity index (χ3v) is 6.63. The molecule has 0 radical (unpaired) electrons. The first-order chi connectivity index (χ1) is 12.0. The van der Waals surface area contributed by atoms with Crippen LogP contribution < -0.4 is 0 Å². The molecule has 3 nitrogen and oxygen atoms in total. The normalized spacial score (nSPS) is 20.7. The fourth-order valence-corrected chi connectivity index (χ4v) is 4.84. The van der Waals surface area contributed by atoms with Crippen LogP contribution in [0, 0.1) is 24.2 Å². The molecule has 0 unspecified atom stereocenters. The van der Waals surface area contributed by atoms with Gasteiger partial charge in [0.25, 0.3) is 0 Å². The Morgan fingerprint density at radius 1 is 1.16 bits per heavy atom. The maximum atomic E-state index is 13.2. The Balaban J connectivity index is 2.06. The monoisotopic (exact) mass is 351 g/mol. The van der Waals surface area contributed by atoms with Gasteiger partial charge >= 0.3 is 0 Å². The van der Waals surface area contributed by atoms with Gasteiger partial charge in [-0.05, 0) is 49.9 Å². The van der Waals surface area contributed by atoms with Crippen LogP contribution in [0.25, 0.3) is 0 Å². The highest BCUT2D eigenvalue weighted by Gasteiger charge is 2.42. The summed E-state index contributed by atoms with van der Waals surface area (Å²) in [5, 5.41) is 9.94. The maximum Gasteiger partial charge on any atom is 0.133 e. The number of ketones is 1. The molecule has 3 rings (SSSR count). The minimum atomic E-state index is -1.36. The minimum Gasteiger partial charge on any atom is -0.300 e. The Bertz CT molecular complexity index is 866. The number of nitrogens with zero attached hydrogens (tertiary/aromatic N) is 1. The molecule has 1 fully saturated rings. The molecule has 0 bridgehead atoms. The molecule has 0 spiro atoms. The Morgan fingerprint density at radius 2 is 1.84 bits per heavy atom. The third-order valence-electron chi connectivity index (χ3n) is 5.18. The molecular formula is C21H21NO2S. The number of carbonyl (C=O) groups is 1. The molecule has 0 aliphatic heterocycles. The van der Waals surface area contributed by atoms with Crippen LogP contribution in [0.4, 0.5) is 0 Å². The van der Waals surface area contributed by atoms with Gasteiger partial charge in [0.15, 0.2) is 0 Å². The summed E-state index contributed by atoms with van der Waals surface area (Å²) < 4.78 is 13.2. The summed E-state index contributed by atoms with van der Waals surface area (Å²) in [6.07, 6.45) is 1.68. The van der Waals surface area contributed by atoms with E-state index in [-0.39, 0.29) is 11.7 Å². The molecule has 0 heterocycles. The molecule has 2 aromatic carbocycles. The summed E-state index contributed by atoms with van der Waals surface area (Å²) in [7, 11) is -1.36. The van der Waals surface area contributed by atoms with Crippen LogP contribution in [0.3, 0.4) is 0 Å². The van der Waals surface area contributed by atoms with Crippen LogP contribution >= 0.6 is 0 Å². The van der Waals surface area contributed by atoms with Gasteiger partial charge in [-0.2, -0.15) is 5.26 Å². The quantitative estimate of drug-likeness (QED) is 0.824. The average Bonchev–Trinajstić information content (AvgIpc) is 3.08. The van der Waals surface area contributed by atoms with Crippen LogP contribution in [-0.2, 0) is 21.0 Å². The lowest BCUT2D eigenvalue weighted by molar-refractivity contribution is -0.117. The Labute approximate surface area is 151 Å². The molecule has 2 aromatic rings. The molecule has 1 aliphatic carbocycles. The van der Waals surface area contributed by atoms with Crippen molar-refractivity contribution in [3.8, 4) is 6.07 Å². The zero-order valence-corrected chi connectivity index (χ0v) is 15.3. The molecule has 3 atom stereocenters. The highest BCUT2D eigenvalue weighted by atomic mass is 32.2. The highest BCUT2D eigenvalue weighted by molar-refractivity contribution is 7.85. The lowest BCUT2D eigenvalue weighted by atomic mass is 9.72. The molecule has 0 aromatic heterocycles. The summed E-state index contributed by atoms with van der Waals surface area (Å²) >= 11 is 0. The number of carbonyl (C=O) groups excluding carboxylic acids is 1. The predicted molar refractivity (Wildman–Crippen MR) is 97.6 cm³/mol. The Hall–Kier alpha value is -2.25. The van der Waals surface area contributed by atoms with Gasteiger partial charge in [-0.25, -0.2) is 4.21 Å². The maximum absolute atomic E-state index is 13.2. The highest BCUT2D eigenvalue weighted by Crippen LogP contribution is 2.43. The van der Waals surface area contributed by atoms with E-state index in [0.29, 0.717) is 24.2 Å². The van der Waals surface area contributed by atoms with Crippen LogP contribution in [0.15, 0.2) is 58.3 Å². The second-order valence-electron chi connectivity index (χ2n) is 6.87. The van der Waals surface area contributed by atoms with E-state index in [4.69, 9.17) is 0 Å². The topological polar surface area (TPSA) is 57.9 Å². The molecule has 128 valence electrons. The number of Topliss-reactive ketones (excluding diaryl/α,β-unsaturated/α-hetero) is 1. The second kappa shape index (κ2) is 6.93. The van der Waals surface area contributed by atoms with Crippen LogP contribution in [-0.4, -0.2) is 9.99 Å². The van der Waals surface area contributed by atoms with E-state index in [1.54, 1.807) is 0 Å². The van der Waals surface area contributed by atoms with Gasteiger partial charge in [0.05, 0.1) is 22.3 Å². The van der Waals surface area contributed by atoms with Gasteiger partial charge in [0.1, 0.15) is 5.78 Å². The molecular weight excluding hydrogens is 330 g/mol. The van der Waals surface area contributed by atoms with E-state index in [9.17, 15) is 14.3 Å². The molecule has 4 heteroatoms. The van der Waals surface area contributed by atoms with Crippen molar-refractivity contribution in [3.63, 3.8) is 0 Å². The summed E-state index contributed by atoms with van der Waals surface area (Å²) in [6, 6.07) is 17.5. The zero-order valence-electron chi connectivity index (χ0n) is 14.5. The standard InChI is InChI=1S/C21H21NO2S/c1-15-7-11-18(12-8-15)25(24)20-6-4-3-5-19(20)21(2,14-22)16-9-10-17(23)13-16/h3-8,11-12,16H,9-10,13H2,1-2H3/t16-,21+,25-/m0/s1. The predicted octanol–water partition coefficient (Wildman–Crippen LogP) is 4.31.